The number of hydrogen-bond acceptors (Lipinski definition) is 4. The minimum Gasteiger partial charge on any atom is -0.378 e. The van der Waals surface area contributed by atoms with Crippen molar-refractivity contribution in [1.29, 1.82) is 0 Å². The first kappa shape index (κ1) is 18.7. The molecule has 0 atom stereocenters. The van der Waals surface area contributed by atoms with Gasteiger partial charge < -0.3 is 4.18 Å². The average molecular weight is 411 g/mol. The van der Waals surface area contributed by atoms with Crippen molar-refractivity contribution in [2.24, 2.45) is 0 Å². The molecule has 2 aromatic carbocycles. The molecule has 0 heterocycles. The van der Waals surface area contributed by atoms with Gasteiger partial charge in [0.2, 0.25) is 0 Å². The summed E-state index contributed by atoms with van der Waals surface area (Å²) in [4.78, 5) is 12.1. The van der Waals surface area contributed by atoms with E-state index in [1.807, 2.05) is 19.9 Å². The molecular formula is C18H19BrO4S. The van der Waals surface area contributed by atoms with E-state index < -0.39 is 10.1 Å². The lowest BCUT2D eigenvalue weighted by Crippen LogP contribution is -2.13. The van der Waals surface area contributed by atoms with Crippen LogP contribution in [0.3, 0.4) is 0 Å². The minimum absolute atomic E-state index is 0.0613. The largest absolute Gasteiger partial charge is 0.378 e. The van der Waals surface area contributed by atoms with E-state index in [0.29, 0.717) is 0 Å². The molecule has 0 N–H and O–H groups in total. The Morgan fingerprint density at radius 2 is 1.79 bits per heavy atom. The highest BCUT2D eigenvalue weighted by atomic mass is 79.9. The van der Waals surface area contributed by atoms with Crippen LogP contribution in [0.2, 0.25) is 0 Å². The van der Waals surface area contributed by atoms with Crippen LogP contribution in [0.1, 0.15) is 34.8 Å². The van der Waals surface area contributed by atoms with Crippen molar-refractivity contribution < 1.29 is 17.4 Å². The van der Waals surface area contributed by atoms with Gasteiger partial charge in [-0.2, -0.15) is 8.42 Å². The highest BCUT2D eigenvalue weighted by molar-refractivity contribution is 9.09. The standard InChI is InChI=1S/C18H19BrO4S/c1-3-4-14-7-10-16(17(20)12-19)18(11-14)23-24(21,22)15-8-5-13(2)6-9-15/h5-11H,3-4,12H2,1-2H3. The smallest absolute Gasteiger partial charge is 0.339 e. The first-order chi connectivity index (χ1) is 11.4. The van der Waals surface area contributed by atoms with Gasteiger partial charge in [0.25, 0.3) is 0 Å². The van der Waals surface area contributed by atoms with E-state index in [1.165, 1.54) is 12.1 Å². The molecule has 2 rings (SSSR count). The number of aryl methyl sites for hydroxylation is 2. The molecular weight excluding hydrogens is 392 g/mol. The number of hydrogen-bond donors (Lipinski definition) is 0. The van der Waals surface area contributed by atoms with Gasteiger partial charge in [-0.3, -0.25) is 4.79 Å². The molecule has 6 heteroatoms. The maximum Gasteiger partial charge on any atom is 0.339 e. The van der Waals surface area contributed by atoms with Gasteiger partial charge in [0.05, 0.1) is 10.9 Å². The molecule has 128 valence electrons. The van der Waals surface area contributed by atoms with Crippen molar-refractivity contribution in [2.75, 3.05) is 5.33 Å². The lowest BCUT2D eigenvalue weighted by atomic mass is 10.0. The molecule has 0 aliphatic heterocycles. The zero-order valence-electron chi connectivity index (χ0n) is 13.6. The third-order valence-corrected chi connectivity index (χ3v) is 5.27. The molecule has 0 aliphatic carbocycles. The molecule has 0 saturated carbocycles. The number of carbonyl (C=O) groups is 1. The third kappa shape index (κ3) is 4.45. The SMILES string of the molecule is CCCc1ccc(C(=O)CBr)c(OS(=O)(=O)c2ccc(C)cc2)c1. The summed E-state index contributed by atoms with van der Waals surface area (Å²) in [5.41, 5.74) is 2.13. The lowest BCUT2D eigenvalue weighted by Gasteiger charge is -2.12. The van der Waals surface area contributed by atoms with Crippen LogP contribution in [0.25, 0.3) is 0 Å². The van der Waals surface area contributed by atoms with Gasteiger partial charge in [-0.15, -0.1) is 0 Å². The summed E-state index contributed by atoms with van der Waals surface area (Å²) in [6.45, 7) is 3.90. The van der Waals surface area contributed by atoms with Crippen LogP contribution in [0.4, 0.5) is 0 Å². The molecule has 0 radical (unpaired) electrons. The first-order valence-electron chi connectivity index (χ1n) is 7.60. The Morgan fingerprint density at radius 3 is 2.38 bits per heavy atom. The summed E-state index contributed by atoms with van der Waals surface area (Å²) in [7, 11) is -3.99. The van der Waals surface area contributed by atoms with Gasteiger partial charge >= 0.3 is 10.1 Å². The topological polar surface area (TPSA) is 60.4 Å². The maximum atomic E-state index is 12.5. The van der Waals surface area contributed by atoms with E-state index in [1.54, 1.807) is 24.3 Å². The molecule has 0 bridgehead atoms. The predicted molar refractivity (Wildman–Crippen MR) is 97.6 cm³/mol. The normalized spacial score (nSPS) is 11.3. The van der Waals surface area contributed by atoms with Crippen LogP contribution in [-0.2, 0) is 16.5 Å². The third-order valence-electron chi connectivity index (χ3n) is 3.52. The van der Waals surface area contributed by atoms with Crippen molar-refractivity contribution in [3.63, 3.8) is 0 Å². The molecule has 2 aromatic rings. The Labute approximate surface area is 151 Å². The fourth-order valence-electron chi connectivity index (χ4n) is 2.25. The van der Waals surface area contributed by atoms with E-state index in [2.05, 4.69) is 15.9 Å². The van der Waals surface area contributed by atoms with E-state index in [-0.39, 0.29) is 27.3 Å². The number of carbonyl (C=O) groups excluding carboxylic acids is 1. The molecule has 0 unspecified atom stereocenters. The number of halogens is 1. The van der Waals surface area contributed by atoms with Gasteiger partial charge in [0.15, 0.2) is 11.5 Å². The highest BCUT2D eigenvalue weighted by Crippen LogP contribution is 2.26. The second-order valence-electron chi connectivity index (χ2n) is 5.49. The molecule has 24 heavy (non-hydrogen) atoms. The van der Waals surface area contributed by atoms with Gasteiger partial charge in [-0.25, -0.2) is 0 Å². The van der Waals surface area contributed by atoms with E-state index >= 15 is 0 Å². The Bertz CT molecular complexity index is 827. The summed E-state index contributed by atoms with van der Waals surface area (Å²) in [6.07, 6.45) is 1.69. The van der Waals surface area contributed by atoms with Crippen molar-refractivity contribution in [3.8, 4) is 5.75 Å². The summed E-state index contributed by atoms with van der Waals surface area (Å²) in [5, 5.41) is 0.0983. The second kappa shape index (κ2) is 7.94. The van der Waals surface area contributed by atoms with E-state index in [9.17, 15) is 13.2 Å². The van der Waals surface area contributed by atoms with Gasteiger partial charge in [-0.05, 0) is 43.2 Å². The van der Waals surface area contributed by atoms with Crippen LogP contribution in [-0.4, -0.2) is 19.5 Å². The monoisotopic (exact) mass is 410 g/mol. The molecule has 4 nitrogen and oxygen atoms in total. The van der Waals surface area contributed by atoms with E-state index in [4.69, 9.17) is 4.18 Å². The first-order valence-corrected chi connectivity index (χ1v) is 10.1. The Balaban J connectivity index is 2.43. The number of rotatable bonds is 7. The number of ketones is 1. The van der Waals surface area contributed by atoms with Crippen molar-refractivity contribution in [2.45, 2.75) is 31.6 Å². The van der Waals surface area contributed by atoms with Crippen LogP contribution < -0.4 is 4.18 Å². The van der Waals surface area contributed by atoms with Crippen LogP contribution >= 0.6 is 15.9 Å². The Morgan fingerprint density at radius 1 is 1.12 bits per heavy atom. The Hall–Kier alpha value is -1.66. The molecule has 0 aliphatic rings. The van der Waals surface area contributed by atoms with Crippen molar-refractivity contribution >= 4 is 31.8 Å². The zero-order chi connectivity index (χ0) is 17.7. The second-order valence-corrected chi connectivity index (χ2v) is 7.59. The average Bonchev–Trinajstić information content (AvgIpc) is 2.55. The van der Waals surface area contributed by atoms with Gasteiger partial charge in [0.1, 0.15) is 4.90 Å². The molecule has 0 amide bonds. The summed E-state index contributed by atoms with van der Waals surface area (Å²) >= 11 is 3.11. The van der Waals surface area contributed by atoms with Crippen LogP contribution in [0.5, 0.6) is 5.75 Å². The summed E-state index contributed by atoms with van der Waals surface area (Å²) in [6, 6.07) is 11.5. The Kier molecular flexibility index (Phi) is 6.18. The predicted octanol–water partition coefficient (Wildman–Crippen LogP) is 4.29. The van der Waals surface area contributed by atoms with Gasteiger partial charge in [-0.1, -0.05) is 53.0 Å². The molecule has 0 saturated heterocycles. The number of benzene rings is 2. The molecule has 0 aromatic heterocycles. The van der Waals surface area contributed by atoms with Crippen LogP contribution in [0, 0.1) is 6.92 Å². The fourth-order valence-corrected chi connectivity index (χ4v) is 3.50. The molecule has 0 spiro atoms. The fraction of sp³-hybridized carbons (Fsp3) is 0.278. The van der Waals surface area contributed by atoms with Crippen LogP contribution in [0.15, 0.2) is 47.4 Å². The van der Waals surface area contributed by atoms with Crippen molar-refractivity contribution in [1.82, 2.24) is 0 Å². The summed E-state index contributed by atoms with van der Waals surface area (Å²) < 4.78 is 30.3. The quantitative estimate of drug-likeness (QED) is 0.387. The van der Waals surface area contributed by atoms with Crippen molar-refractivity contribution in [3.05, 3.63) is 59.2 Å². The number of alkyl halides is 1. The van der Waals surface area contributed by atoms with E-state index in [0.717, 1.165) is 24.0 Å². The number of Topliss-reactive ketones (excluding diaryl/α,β-unsaturated/α-hetero) is 1. The highest BCUT2D eigenvalue weighted by Gasteiger charge is 2.21. The lowest BCUT2D eigenvalue weighted by molar-refractivity contribution is 0.102. The maximum absolute atomic E-state index is 12.5. The molecule has 0 fully saturated rings. The van der Waals surface area contributed by atoms with Gasteiger partial charge in [0, 0.05) is 0 Å². The zero-order valence-corrected chi connectivity index (χ0v) is 16.0. The minimum atomic E-state index is -3.99. The summed E-state index contributed by atoms with van der Waals surface area (Å²) in [5.74, 6) is -0.155.